The van der Waals surface area contributed by atoms with Gasteiger partial charge in [0.2, 0.25) is 0 Å². The Balaban J connectivity index is 1.65. The van der Waals surface area contributed by atoms with Gasteiger partial charge in [0.1, 0.15) is 5.75 Å². The summed E-state index contributed by atoms with van der Waals surface area (Å²) in [6.45, 7) is 4.87. The van der Waals surface area contributed by atoms with Gasteiger partial charge in [-0.3, -0.25) is 9.69 Å². The van der Waals surface area contributed by atoms with Crippen LogP contribution in [0.25, 0.3) is 11.0 Å². The molecule has 0 N–H and O–H groups in total. The fraction of sp³-hybridized carbons (Fsp3) is 0.286. The molecule has 3 aromatic rings. The molecule has 1 aromatic heterocycles. The number of hydrogen-bond acceptors (Lipinski definition) is 5. The highest BCUT2D eigenvalue weighted by Crippen LogP contribution is 2.31. The van der Waals surface area contributed by atoms with E-state index in [1.807, 2.05) is 49.2 Å². The summed E-state index contributed by atoms with van der Waals surface area (Å²) in [5, 5.41) is 0.638. The molecule has 0 bridgehead atoms. The van der Waals surface area contributed by atoms with Gasteiger partial charge in [-0.2, -0.15) is 0 Å². The predicted molar refractivity (Wildman–Crippen MR) is 111 cm³/mol. The number of hydrogen-bond donors (Lipinski definition) is 0. The van der Waals surface area contributed by atoms with Gasteiger partial charge in [0, 0.05) is 25.2 Å². The molecular formula is C21H21ClN4O2. The molecule has 0 aliphatic carbocycles. The molecule has 1 aliphatic heterocycles. The molecular weight excluding hydrogens is 376 g/mol. The van der Waals surface area contributed by atoms with Crippen molar-refractivity contribution in [3.63, 3.8) is 0 Å². The van der Waals surface area contributed by atoms with Gasteiger partial charge >= 0.3 is 0 Å². The van der Waals surface area contributed by atoms with E-state index in [-0.39, 0.29) is 5.91 Å². The molecule has 144 valence electrons. The molecule has 0 fully saturated rings. The zero-order valence-corrected chi connectivity index (χ0v) is 16.8. The largest absolute Gasteiger partial charge is 0.481 e. The van der Waals surface area contributed by atoms with Crippen molar-refractivity contribution in [3.8, 4) is 5.75 Å². The zero-order chi connectivity index (χ0) is 19.8. The smallest absolute Gasteiger partial charge is 0.269 e. The minimum absolute atomic E-state index is 0.145. The summed E-state index contributed by atoms with van der Waals surface area (Å²) in [4.78, 5) is 26.3. The van der Waals surface area contributed by atoms with Gasteiger partial charge in [0.05, 0.1) is 11.0 Å². The van der Waals surface area contributed by atoms with Crippen LogP contribution in [0, 0.1) is 6.92 Å². The number of carbonyl (C=O) groups excluding carboxylic acids is 1. The number of amides is 1. The van der Waals surface area contributed by atoms with Crippen LogP contribution in [0.15, 0.2) is 42.5 Å². The number of ether oxygens (including phenoxy) is 1. The Bertz CT molecular complexity index is 1060. The fourth-order valence-electron chi connectivity index (χ4n) is 3.30. The van der Waals surface area contributed by atoms with Crippen molar-refractivity contribution < 1.29 is 9.53 Å². The molecule has 1 atom stereocenters. The number of aromatic nitrogens is 2. The quantitative estimate of drug-likeness (QED) is 0.673. The molecule has 6 nitrogen and oxygen atoms in total. The van der Waals surface area contributed by atoms with Crippen LogP contribution < -0.4 is 14.5 Å². The zero-order valence-electron chi connectivity index (χ0n) is 16.0. The van der Waals surface area contributed by atoms with Gasteiger partial charge in [-0.1, -0.05) is 23.7 Å². The Morgan fingerprint density at radius 2 is 1.79 bits per heavy atom. The van der Waals surface area contributed by atoms with E-state index in [1.165, 1.54) is 0 Å². The molecule has 2 heterocycles. The third-order valence-electron chi connectivity index (χ3n) is 4.87. The van der Waals surface area contributed by atoms with Crippen LogP contribution in [-0.4, -0.2) is 42.1 Å². The summed E-state index contributed by atoms with van der Waals surface area (Å²) in [6.07, 6.45) is -0.663. The van der Waals surface area contributed by atoms with Crippen molar-refractivity contribution in [2.45, 2.75) is 20.0 Å². The number of carbonyl (C=O) groups is 1. The highest BCUT2D eigenvalue weighted by atomic mass is 35.5. The van der Waals surface area contributed by atoms with Crippen molar-refractivity contribution in [3.05, 3.63) is 53.1 Å². The summed E-state index contributed by atoms with van der Waals surface area (Å²) in [5.74, 6) is 1.77. The van der Waals surface area contributed by atoms with E-state index in [0.717, 1.165) is 16.6 Å². The first kappa shape index (κ1) is 18.5. The normalized spacial score (nSPS) is 14.7. The molecule has 1 aliphatic rings. The van der Waals surface area contributed by atoms with E-state index in [1.54, 1.807) is 24.0 Å². The highest BCUT2D eigenvalue weighted by Gasteiger charge is 2.32. The van der Waals surface area contributed by atoms with Gasteiger partial charge in [0.15, 0.2) is 17.7 Å². The minimum Gasteiger partial charge on any atom is -0.481 e. The van der Waals surface area contributed by atoms with Crippen molar-refractivity contribution in [1.29, 1.82) is 0 Å². The van der Waals surface area contributed by atoms with E-state index < -0.39 is 6.10 Å². The maximum absolute atomic E-state index is 13.2. The van der Waals surface area contributed by atoms with Gasteiger partial charge in [0.25, 0.3) is 5.91 Å². The van der Waals surface area contributed by atoms with Gasteiger partial charge in [-0.15, -0.1) is 0 Å². The maximum atomic E-state index is 13.2. The van der Waals surface area contributed by atoms with Gasteiger partial charge in [-0.25, -0.2) is 9.97 Å². The minimum atomic E-state index is -0.663. The number of halogens is 1. The summed E-state index contributed by atoms with van der Waals surface area (Å²) in [6, 6.07) is 13.0. The van der Waals surface area contributed by atoms with Crippen molar-refractivity contribution in [1.82, 2.24) is 9.97 Å². The maximum Gasteiger partial charge on any atom is 0.269 e. The number of para-hydroxylation sites is 2. The highest BCUT2D eigenvalue weighted by molar-refractivity contribution is 6.30. The lowest BCUT2D eigenvalue weighted by atomic mass is 10.2. The molecule has 4 rings (SSSR count). The molecule has 0 saturated carbocycles. The van der Waals surface area contributed by atoms with E-state index in [2.05, 4.69) is 0 Å². The number of fused-ring (bicyclic) bond motifs is 2. The number of nitrogens with zero attached hydrogens (tertiary/aromatic N) is 4. The molecule has 1 amide bonds. The van der Waals surface area contributed by atoms with E-state index in [0.29, 0.717) is 35.5 Å². The first-order valence-electron chi connectivity index (χ1n) is 9.16. The monoisotopic (exact) mass is 396 g/mol. The second kappa shape index (κ2) is 7.28. The Morgan fingerprint density at radius 3 is 2.46 bits per heavy atom. The van der Waals surface area contributed by atoms with Crippen molar-refractivity contribution in [2.75, 3.05) is 29.9 Å². The lowest BCUT2D eigenvalue weighted by Crippen LogP contribution is -2.48. The number of rotatable bonds is 3. The van der Waals surface area contributed by atoms with Crippen LogP contribution in [0.2, 0.25) is 5.02 Å². The van der Waals surface area contributed by atoms with Gasteiger partial charge < -0.3 is 9.64 Å². The number of likely N-dealkylation sites (N-methyl/N-ethyl adjacent to an activating group) is 1. The van der Waals surface area contributed by atoms with E-state index >= 15 is 0 Å². The second-order valence-corrected chi connectivity index (χ2v) is 7.38. The van der Waals surface area contributed by atoms with E-state index in [4.69, 9.17) is 26.3 Å². The first-order valence-corrected chi connectivity index (χ1v) is 9.54. The number of aryl methyl sites for hydroxylation is 1. The molecule has 28 heavy (non-hydrogen) atoms. The standard InChI is InChI=1S/C21H21ClN4O2/c1-13-12-15(22)8-9-18(13)28-14(2)21(27)26-11-10-25(3)19-20(26)24-17-7-5-4-6-16(17)23-19/h4-9,12,14H,10-11H2,1-3H3. The van der Waals surface area contributed by atoms with E-state index in [9.17, 15) is 4.79 Å². The van der Waals surface area contributed by atoms with Crippen LogP contribution in [0.3, 0.4) is 0 Å². The van der Waals surface area contributed by atoms with Crippen molar-refractivity contribution >= 4 is 40.2 Å². The lowest BCUT2D eigenvalue weighted by Gasteiger charge is -2.35. The topological polar surface area (TPSA) is 58.6 Å². The average Bonchev–Trinajstić information content (AvgIpc) is 2.69. The van der Waals surface area contributed by atoms with Crippen LogP contribution in [0.1, 0.15) is 12.5 Å². The molecule has 7 heteroatoms. The predicted octanol–water partition coefficient (Wildman–Crippen LogP) is 3.84. The fourth-order valence-corrected chi connectivity index (χ4v) is 3.53. The second-order valence-electron chi connectivity index (χ2n) is 6.94. The average molecular weight is 397 g/mol. The summed E-state index contributed by atoms with van der Waals surface area (Å²) >= 11 is 6.00. The third kappa shape index (κ3) is 3.36. The Morgan fingerprint density at radius 1 is 1.11 bits per heavy atom. The Labute approximate surface area is 168 Å². The molecule has 2 aromatic carbocycles. The molecule has 1 unspecified atom stereocenters. The van der Waals surface area contributed by atoms with Crippen LogP contribution in [0.4, 0.5) is 11.6 Å². The molecule has 0 radical (unpaired) electrons. The molecule has 0 spiro atoms. The third-order valence-corrected chi connectivity index (χ3v) is 5.10. The summed E-state index contributed by atoms with van der Waals surface area (Å²) in [5.41, 5.74) is 2.46. The summed E-state index contributed by atoms with van der Waals surface area (Å²) in [7, 11) is 1.96. The van der Waals surface area contributed by atoms with Crippen LogP contribution >= 0.6 is 11.6 Å². The Kier molecular flexibility index (Phi) is 4.81. The number of anilines is 2. The molecule has 0 saturated heterocycles. The first-order chi connectivity index (χ1) is 13.4. The SMILES string of the molecule is Cc1cc(Cl)ccc1OC(C)C(=O)N1CCN(C)c2nc3ccccc3nc21. The van der Waals surface area contributed by atoms with Crippen LogP contribution in [-0.2, 0) is 4.79 Å². The Hall–Kier alpha value is -2.86. The van der Waals surface area contributed by atoms with Gasteiger partial charge in [-0.05, 0) is 49.7 Å². The lowest BCUT2D eigenvalue weighted by molar-refractivity contribution is -0.124. The van der Waals surface area contributed by atoms with Crippen molar-refractivity contribution in [2.24, 2.45) is 0 Å². The number of benzene rings is 2. The summed E-state index contributed by atoms with van der Waals surface area (Å²) < 4.78 is 5.93. The van der Waals surface area contributed by atoms with Crippen LogP contribution in [0.5, 0.6) is 5.75 Å².